The summed E-state index contributed by atoms with van der Waals surface area (Å²) < 4.78 is 0. The highest BCUT2D eigenvalue weighted by Gasteiger charge is 2.32. The molecule has 3 nitrogen and oxygen atoms in total. The summed E-state index contributed by atoms with van der Waals surface area (Å²) in [7, 11) is 0. The van der Waals surface area contributed by atoms with Crippen molar-refractivity contribution in [2.45, 2.75) is 58.4 Å². The first-order valence-electron chi connectivity index (χ1n) is 8.83. The zero-order valence-electron chi connectivity index (χ0n) is 13.7. The molecule has 21 heavy (non-hydrogen) atoms. The van der Waals surface area contributed by atoms with Gasteiger partial charge in [0.15, 0.2) is 0 Å². The average Bonchev–Trinajstić information content (AvgIpc) is 2.90. The molecule has 2 heterocycles. The third kappa shape index (κ3) is 3.33. The summed E-state index contributed by atoms with van der Waals surface area (Å²) in [6.45, 7) is 9.30. The Morgan fingerprint density at radius 3 is 2.57 bits per heavy atom. The van der Waals surface area contributed by atoms with E-state index in [0.29, 0.717) is 11.9 Å². The first kappa shape index (κ1) is 15.1. The van der Waals surface area contributed by atoms with Gasteiger partial charge in [-0.2, -0.15) is 0 Å². The molecule has 2 aliphatic heterocycles. The molecule has 3 rings (SSSR count). The predicted octanol–water partition coefficient (Wildman–Crippen LogP) is 3.07. The van der Waals surface area contributed by atoms with Crippen LogP contribution in [0.2, 0.25) is 0 Å². The van der Waals surface area contributed by atoms with Crippen molar-refractivity contribution in [1.82, 2.24) is 9.80 Å². The number of piperidine rings is 1. The number of carbonyl (C=O) groups is 1. The second kappa shape index (κ2) is 6.51. The SMILES string of the molecule is CC1=CCC[C@@H](C)[C@H]1CN1CCC(N2CCCC2=O)CC1. The maximum absolute atomic E-state index is 11.9. The Labute approximate surface area is 129 Å². The molecule has 2 atom stereocenters. The van der Waals surface area contributed by atoms with Gasteiger partial charge in [-0.3, -0.25) is 4.79 Å². The van der Waals surface area contributed by atoms with Crippen LogP contribution in [0.3, 0.4) is 0 Å². The molecule has 1 aliphatic carbocycles. The Balaban J connectivity index is 1.50. The average molecular weight is 290 g/mol. The summed E-state index contributed by atoms with van der Waals surface area (Å²) in [5, 5.41) is 0. The number of allylic oxidation sites excluding steroid dienone is 1. The fraction of sp³-hybridized carbons (Fsp3) is 0.833. The van der Waals surface area contributed by atoms with Gasteiger partial charge in [0.25, 0.3) is 0 Å². The number of carbonyl (C=O) groups excluding carboxylic acids is 1. The highest BCUT2D eigenvalue weighted by molar-refractivity contribution is 5.78. The first-order chi connectivity index (χ1) is 10.1. The molecule has 3 aliphatic rings. The maximum atomic E-state index is 11.9. The Kier molecular flexibility index (Phi) is 4.68. The summed E-state index contributed by atoms with van der Waals surface area (Å²) in [6, 6.07) is 0.525. The molecule has 0 aromatic rings. The van der Waals surface area contributed by atoms with Gasteiger partial charge >= 0.3 is 0 Å². The van der Waals surface area contributed by atoms with E-state index < -0.39 is 0 Å². The molecule has 0 N–H and O–H groups in total. The quantitative estimate of drug-likeness (QED) is 0.746. The van der Waals surface area contributed by atoms with Gasteiger partial charge < -0.3 is 9.80 Å². The van der Waals surface area contributed by atoms with Crippen molar-refractivity contribution < 1.29 is 4.79 Å². The second-order valence-electron chi connectivity index (χ2n) is 7.33. The van der Waals surface area contributed by atoms with E-state index >= 15 is 0 Å². The zero-order chi connectivity index (χ0) is 14.8. The van der Waals surface area contributed by atoms with Crippen molar-refractivity contribution in [1.29, 1.82) is 0 Å². The molecule has 0 spiro atoms. The van der Waals surface area contributed by atoms with Crippen LogP contribution in [-0.4, -0.2) is 47.9 Å². The van der Waals surface area contributed by atoms with Crippen LogP contribution in [0.1, 0.15) is 52.4 Å². The smallest absolute Gasteiger partial charge is 0.222 e. The third-order valence-electron chi connectivity index (χ3n) is 5.92. The van der Waals surface area contributed by atoms with Gasteiger partial charge in [-0.1, -0.05) is 18.6 Å². The minimum atomic E-state index is 0.396. The van der Waals surface area contributed by atoms with Crippen LogP contribution >= 0.6 is 0 Å². The molecule has 0 aromatic heterocycles. The van der Waals surface area contributed by atoms with Crippen molar-refractivity contribution in [2.75, 3.05) is 26.2 Å². The van der Waals surface area contributed by atoms with Crippen LogP contribution in [0.15, 0.2) is 11.6 Å². The maximum Gasteiger partial charge on any atom is 0.222 e. The topological polar surface area (TPSA) is 23.6 Å². The largest absolute Gasteiger partial charge is 0.340 e. The molecule has 0 unspecified atom stereocenters. The highest BCUT2D eigenvalue weighted by atomic mass is 16.2. The van der Waals surface area contributed by atoms with Gasteiger partial charge in [-0.25, -0.2) is 0 Å². The van der Waals surface area contributed by atoms with E-state index in [-0.39, 0.29) is 0 Å². The van der Waals surface area contributed by atoms with E-state index in [1.165, 1.54) is 45.3 Å². The summed E-state index contributed by atoms with van der Waals surface area (Å²) in [5.41, 5.74) is 1.60. The summed E-state index contributed by atoms with van der Waals surface area (Å²) in [4.78, 5) is 16.7. The van der Waals surface area contributed by atoms with Crippen LogP contribution in [0, 0.1) is 11.8 Å². The van der Waals surface area contributed by atoms with Gasteiger partial charge in [-0.05, 0) is 50.9 Å². The normalized spacial score (nSPS) is 32.6. The lowest BCUT2D eigenvalue weighted by Gasteiger charge is -2.40. The number of hydrogen-bond acceptors (Lipinski definition) is 2. The van der Waals surface area contributed by atoms with E-state index in [2.05, 4.69) is 29.7 Å². The highest BCUT2D eigenvalue weighted by Crippen LogP contribution is 2.32. The standard InChI is InChI=1S/C18H30N2O/c1-14-5-3-6-15(2)17(14)13-19-11-8-16(9-12-19)20-10-4-7-18(20)21/h5,15-17H,3-4,6-13H2,1-2H3/t15-,17+/m1/s1. The fourth-order valence-corrected chi connectivity index (χ4v) is 4.45. The third-order valence-corrected chi connectivity index (χ3v) is 5.92. The molecule has 0 radical (unpaired) electrons. The lowest BCUT2D eigenvalue weighted by molar-refractivity contribution is -0.130. The van der Waals surface area contributed by atoms with Crippen LogP contribution in [-0.2, 0) is 4.79 Å². The summed E-state index contributed by atoms with van der Waals surface area (Å²) in [6.07, 6.45) is 9.27. The Hall–Kier alpha value is -0.830. The van der Waals surface area contributed by atoms with Gasteiger partial charge in [0.05, 0.1) is 0 Å². The lowest BCUT2D eigenvalue weighted by Crippen LogP contribution is -2.47. The van der Waals surface area contributed by atoms with Gasteiger partial charge in [0, 0.05) is 38.6 Å². The number of amides is 1. The molecule has 0 saturated carbocycles. The molecule has 2 saturated heterocycles. The van der Waals surface area contributed by atoms with Crippen molar-refractivity contribution in [3.05, 3.63) is 11.6 Å². The van der Waals surface area contributed by atoms with E-state index in [0.717, 1.165) is 31.2 Å². The lowest BCUT2D eigenvalue weighted by atomic mass is 9.79. The van der Waals surface area contributed by atoms with Crippen molar-refractivity contribution in [3.63, 3.8) is 0 Å². The van der Waals surface area contributed by atoms with Gasteiger partial charge in [0.1, 0.15) is 0 Å². The summed E-state index contributed by atoms with van der Waals surface area (Å²) >= 11 is 0. The van der Waals surface area contributed by atoms with E-state index in [9.17, 15) is 4.79 Å². The van der Waals surface area contributed by atoms with Crippen molar-refractivity contribution in [3.8, 4) is 0 Å². The van der Waals surface area contributed by atoms with Crippen LogP contribution in [0.4, 0.5) is 0 Å². The molecular formula is C18H30N2O. The van der Waals surface area contributed by atoms with Crippen LogP contribution in [0.25, 0.3) is 0 Å². The number of nitrogens with zero attached hydrogens (tertiary/aromatic N) is 2. The van der Waals surface area contributed by atoms with Crippen LogP contribution < -0.4 is 0 Å². The fourth-order valence-electron chi connectivity index (χ4n) is 4.45. The molecule has 2 fully saturated rings. The van der Waals surface area contributed by atoms with Crippen molar-refractivity contribution in [2.24, 2.45) is 11.8 Å². The number of hydrogen-bond donors (Lipinski definition) is 0. The van der Waals surface area contributed by atoms with E-state index in [1.54, 1.807) is 5.57 Å². The van der Waals surface area contributed by atoms with Crippen molar-refractivity contribution >= 4 is 5.91 Å². The molecule has 118 valence electrons. The Morgan fingerprint density at radius 2 is 1.95 bits per heavy atom. The van der Waals surface area contributed by atoms with Crippen LogP contribution in [0.5, 0.6) is 0 Å². The zero-order valence-corrected chi connectivity index (χ0v) is 13.7. The molecular weight excluding hydrogens is 260 g/mol. The molecule has 1 amide bonds. The summed E-state index contributed by atoms with van der Waals surface area (Å²) in [5.74, 6) is 1.98. The van der Waals surface area contributed by atoms with E-state index in [4.69, 9.17) is 0 Å². The number of likely N-dealkylation sites (tertiary alicyclic amines) is 2. The predicted molar refractivity (Wildman–Crippen MR) is 86.1 cm³/mol. The molecule has 0 aromatic carbocycles. The molecule has 0 bridgehead atoms. The minimum absolute atomic E-state index is 0.396. The number of rotatable bonds is 3. The first-order valence-corrected chi connectivity index (χ1v) is 8.83. The minimum Gasteiger partial charge on any atom is -0.340 e. The second-order valence-corrected chi connectivity index (χ2v) is 7.33. The van der Waals surface area contributed by atoms with Gasteiger partial charge in [-0.15, -0.1) is 0 Å². The molecule has 3 heteroatoms. The van der Waals surface area contributed by atoms with Gasteiger partial charge in [0.2, 0.25) is 5.91 Å². The Morgan fingerprint density at radius 1 is 1.19 bits per heavy atom. The Bertz CT molecular complexity index is 409. The monoisotopic (exact) mass is 290 g/mol. The van der Waals surface area contributed by atoms with E-state index in [1.807, 2.05) is 0 Å².